The van der Waals surface area contributed by atoms with Gasteiger partial charge in [-0.1, -0.05) is 12.8 Å². The summed E-state index contributed by atoms with van der Waals surface area (Å²) < 4.78 is 5.28. The summed E-state index contributed by atoms with van der Waals surface area (Å²) in [6.07, 6.45) is 6.33. The molecule has 0 aliphatic carbocycles. The standard InChI is InChI=1S/C17H22N2O3/c1-22-12-6-7-15-13(10-12)14(11-18-15)16(17(20)21)19-8-4-2-3-5-9-19/h6-7,10-11,16,18H,2-5,8-9H2,1H3,(H,20,21)/t16-/m0/s1. The van der Waals surface area contributed by atoms with Crippen molar-refractivity contribution in [3.8, 4) is 5.75 Å². The molecule has 1 aromatic heterocycles. The van der Waals surface area contributed by atoms with E-state index in [1.54, 1.807) is 7.11 Å². The second-order valence-corrected chi connectivity index (χ2v) is 5.85. The fraction of sp³-hybridized carbons (Fsp3) is 0.471. The van der Waals surface area contributed by atoms with Crippen molar-refractivity contribution >= 4 is 16.9 Å². The monoisotopic (exact) mass is 302 g/mol. The molecule has 0 spiro atoms. The Balaban J connectivity index is 2.02. The molecule has 1 fully saturated rings. The van der Waals surface area contributed by atoms with Crippen LogP contribution >= 0.6 is 0 Å². The van der Waals surface area contributed by atoms with E-state index in [4.69, 9.17) is 4.74 Å². The molecular weight excluding hydrogens is 280 g/mol. The lowest BCUT2D eigenvalue weighted by atomic mass is 10.0. The molecule has 2 N–H and O–H groups in total. The smallest absolute Gasteiger partial charge is 0.325 e. The van der Waals surface area contributed by atoms with Crippen molar-refractivity contribution in [1.29, 1.82) is 0 Å². The van der Waals surface area contributed by atoms with Crippen LogP contribution in [0.15, 0.2) is 24.4 Å². The number of hydrogen-bond acceptors (Lipinski definition) is 3. The fourth-order valence-corrected chi connectivity index (χ4v) is 3.31. The van der Waals surface area contributed by atoms with Gasteiger partial charge in [-0.15, -0.1) is 0 Å². The number of rotatable bonds is 4. The van der Waals surface area contributed by atoms with Crippen LogP contribution in [0.2, 0.25) is 0 Å². The van der Waals surface area contributed by atoms with Gasteiger partial charge in [-0.05, 0) is 44.1 Å². The van der Waals surface area contributed by atoms with E-state index in [0.717, 1.165) is 48.1 Å². The lowest BCUT2D eigenvalue weighted by molar-refractivity contribution is -0.143. The Labute approximate surface area is 129 Å². The van der Waals surface area contributed by atoms with Crippen LogP contribution in [0.1, 0.15) is 37.3 Å². The van der Waals surface area contributed by atoms with Gasteiger partial charge in [0.05, 0.1) is 7.11 Å². The summed E-state index contributed by atoms with van der Waals surface area (Å²) in [6, 6.07) is 5.12. The molecule has 1 saturated heterocycles. The number of H-pyrrole nitrogens is 1. The van der Waals surface area contributed by atoms with Gasteiger partial charge < -0.3 is 14.8 Å². The minimum Gasteiger partial charge on any atom is -0.497 e. The third-order valence-corrected chi connectivity index (χ3v) is 4.46. The van der Waals surface area contributed by atoms with E-state index in [2.05, 4.69) is 9.88 Å². The van der Waals surface area contributed by atoms with Crippen LogP contribution in [0.3, 0.4) is 0 Å². The minimum absolute atomic E-state index is 0.598. The van der Waals surface area contributed by atoms with E-state index < -0.39 is 12.0 Å². The number of carbonyl (C=O) groups is 1. The van der Waals surface area contributed by atoms with E-state index in [0.29, 0.717) is 0 Å². The zero-order chi connectivity index (χ0) is 15.5. The van der Waals surface area contributed by atoms with Crippen LogP contribution in [0.25, 0.3) is 10.9 Å². The molecule has 3 rings (SSSR count). The van der Waals surface area contributed by atoms with Gasteiger partial charge in [-0.25, -0.2) is 0 Å². The quantitative estimate of drug-likeness (QED) is 0.910. The summed E-state index contributed by atoms with van der Waals surface area (Å²) >= 11 is 0. The average Bonchev–Trinajstić information content (AvgIpc) is 2.74. The van der Waals surface area contributed by atoms with Gasteiger partial charge in [0.2, 0.25) is 0 Å². The second-order valence-electron chi connectivity index (χ2n) is 5.85. The number of carboxylic acids is 1. The van der Waals surface area contributed by atoms with Crippen LogP contribution in [-0.2, 0) is 4.79 Å². The number of likely N-dealkylation sites (tertiary alicyclic amines) is 1. The van der Waals surface area contributed by atoms with Gasteiger partial charge >= 0.3 is 5.97 Å². The van der Waals surface area contributed by atoms with Crippen molar-refractivity contribution in [3.05, 3.63) is 30.0 Å². The van der Waals surface area contributed by atoms with Crippen LogP contribution in [-0.4, -0.2) is 41.2 Å². The first-order valence-corrected chi connectivity index (χ1v) is 7.82. The van der Waals surface area contributed by atoms with E-state index >= 15 is 0 Å². The molecule has 22 heavy (non-hydrogen) atoms. The number of aliphatic carboxylic acids is 1. The number of hydrogen-bond donors (Lipinski definition) is 2. The molecular formula is C17H22N2O3. The number of ether oxygens (including phenoxy) is 1. The third-order valence-electron chi connectivity index (χ3n) is 4.46. The molecule has 0 amide bonds. The van der Waals surface area contributed by atoms with Gasteiger partial charge in [0.1, 0.15) is 11.8 Å². The number of fused-ring (bicyclic) bond motifs is 1. The van der Waals surface area contributed by atoms with Crippen molar-refractivity contribution in [2.45, 2.75) is 31.7 Å². The van der Waals surface area contributed by atoms with Gasteiger partial charge in [0, 0.05) is 22.7 Å². The summed E-state index contributed by atoms with van der Waals surface area (Å²) in [5, 5.41) is 10.7. The van der Waals surface area contributed by atoms with Crippen LogP contribution < -0.4 is 4.74 Å². The van der Waals surface area contributed by atoms with Crippen LogP contribution in [0.4, 0.5) is 0 Å². The second kappa shape index (κ2) is 6.40. The topological polar surface area (TPSA) is 65.6 Å². The summed E-state index contributed by atoms with van der Waals surface area (Å²) in [5.74, 6) is -0.0426. The molecule has 2 aromatic rings. The molecule has 1 aliphatic heterocycles. The Hall–Kier alpha value is -2.01. The summed E-state index contributed by atoms with van der Waals surface area (Å²) in [4.78, 5) is 17.2. The predicted octanol–water partition coefficient (Wildman–Crippen LogP) is 3.18. The lowest BCUT2D eigenvalue weighted by Crippen LogP contribution is -2.34. The van der Waals surface area contributed by atoms with E-state index in [1.165, 1.54) is 12.8 Å². The molecule has 0 saturated carbocycles. The molecule has 0 bridgehead atoms. The van der Waals surface area contributed by atoms with Crippen LogP contribution in [0, 0.1) is 0 Å². The number of aromatic amines is 1. The third kappa shape index (κ3) is 2.81. The molecule has 118 valence electrons. The molecule has 1 aliphatic rings. The number of methoxy groups -OCH3 is 1. The Bertz CT molecular complexity index is 657. The maximum absolute atomic E-state index is 11.9. The fourth-order valence-electron chi connectivity index (χ4n) is 3.31. The molecule has 5 heteroatoms. The Morgan fingerprint density at radius 3 is 2.64 bits per heavy atom. The normalized spacial score (nSPS) is 18.0. The van der Waals surface area contributed by atoms with Crippen molar-refractivity contribution in [3.63, 3.8) is 0 Å². The summed E-state index contributed by atoms with van der Waals surface area (Å²) in [5.41, 5.74) is 1.76. The van der Waals surface area contributed by atoms with E-state index in [9.17, 15) is 9.90 Å². The van der Waals surface area contributed by atoms with E-state index in [1.807, 2.05) is 24.4 Å². The highest BCUT2D eigenvalue weighted by Gasteiger charge is 2.30. The highest BCUT2D eigenvalue weighted by atomic mass is 16.5. The first-order valence-electron chi connectivity index (χ1n) is 7.82. The molecule has 1 aromatic carbocycles. The highest BCUT2D eigenvalue weighted by molar-refractivity contribution is 5.90. The van der Waals surface area contributed by atoms with Gasteiger partial charge in [-0.3, -0.25) is 9.69 Å². The Morgan fingerprint density at radius 1 is 1.27 bits per heavy atom. The van der Waals surface area contributed by atoms with Crippen molar-refractivity contribution in [1.82, 2.24) is 9.88 Å². The maximum Gasteiger partial charge on any atom is 0.325 e. The van der Waals surface area contributed by atoms with Gasteiger partial charge in [0.25, 0.3) is 0 Å². The zero-order valence-corrected chi connectivity index (χ0v) is 12.8. The number of nitrogens with zero attached hydrogens (tertiary/aromatic N) is 1. The van der Waals surface area contributed by atoms with Crippen LogP contribution in [0.5, 0.6) is 5.75 Å². The number of carboxylic acid groups (broad SMARTS) is 1. The molecule has 0 radical (unpaired) electrons. The molecule has 1 atom stereocenters. The molecule has 2 heterocycles. The van der Waals surface area contributed by atoms with Crippen molar-refractivity contribution in [2.24, 2.45) is 0 Å². The van der Waals surface area contributed by atoms with Gasteiger partial charge in [0.15, 0.2) is 0 Å². The summed E-state index contributed by atoms with van der Waals surface area (Å²) in [7, 11) is 1.62. The molecule has 5 nitrogen and oxygen atoms in total. The molecule has 0 unspecified atom stereocenters. The number of benzene rings is 1. The SMILES string of the molecule is COc1ccc2[nH]cc([C@@H](C(=O)O)N3CCCCCC3)c2c1. The number of nitrogens with one attached hydrogen (secondary N) is 1. The zero-order valence-electron chi connectivity index (χ0n) is 12.8. The predicted molar refractivity (Wildman–Crippen MR) is 85.3 cm³/mol. The largest absolute Gasteiger partial charge is 0.497 e. The average molecular weight is 302 g/mol. The number of aromatic nitrogens is 1. The maximum atomic E-state index is 11.9. The minimum atomic E-state index is -0.786. The summed E-state index contributed by atoms with van der Waals surface area (Å²) in [6.45, 7) is 1.68. The highest BCUT2D eigenvalue weighted by Crippen LogP contribution is 2.32. The first-order chi connectivity index (χ1) is 10.7. The van der Waals surface area contributed by atoms with Gasteiger partial charge in [-0.2, -0.15) is 0 Å². The van der Waals surface area contributed by atoms with Crippen molar-refractivity contribution < 1.29 is 14.6 Å². The lowest BCUT2D eigenvalue weighted by Gasteiger charge is -2.27. The Morgan fingerprint density at radius 2 is 2.00 bits per heavy atom. The first kappa shape index (κ1) is 14.9. The van der Waals surface area contributed by atoms with E-state index in [-0.39, 0.29) is 0 Å². The van der Waals surface area contributed by atoms with Crippen molar-refractivity contribution in [2.75, 3.05) is 20.2 Å². The Kier molecular flexibility index (Phi) is 4.34.